The number of hydrogen-bond donors (Lipinski definition) is 2. The Labute approximate surface area is 174 Å². The van der Waals surface area contributed by atoms with Gasteiger partial charge in [0.15, 0.2) is 5.96 Å². The fourth-order valence-electron chi connectivity index (χ4n) is 3.78. The summed E-state index contributed by atoms with van der Waals surface area (Å²) in [5, 5.41) is 6.72. The molecule has 0 radical (unpaired) electrons. The number of rotatable bonds is 7. The lowest BCUT2D eigenvalue weighted by Gasteiger charge is -2.16. The third-order valence-corrected chi connectivity index (χ3v) is 5.48. The molecule has 0 saturated carbocycles. The van der Waals surface area contributed by atoms with Crippen LogP contribution in [0.1, 0.15) is 40.8 Å². The van der Waals surface area contributed by atoms with Crippen LogP contribution in [0.2, 0.25) is 0 Å². The number of benzene rings is 1. The highest BCUT2D eigenvalue weighted by Crippen LogP contribution is 2.23. The molecule has 2 heterocycles. The van der Waals surface area contributed by atoms with Gasteiger partial charge in [0.25, 0.3) is 0 Å². The first-order valence-electron chi connectivity index (χ1n) is 10.3. The summed E-state index contributed by atoms with van der Waals surface area (Å²) in [6, 6.07) is 8.86. The Morgan fingerprint density at radius 1 is 1.07 bits per heavy atom. The van der Waals surface area contributed by atoms with E-state index in [1.807, 2.05) is 20.0 Å². The van der Waals surface area contributed by atoms with Gasteiger partial charge in [-0.2, -0.15) is 0 Å². The number of aromatic nitrogens is 1. The van der Waals surface area contributed by atoms with Crippen molar-refractivity contribution >= 4 is 5.96 Å². The highest BCUT2D eigenvalue weighted by molar-refractivity contribution is 5.79. The number of pyridine rings is 1. The Balaban J connectivity index is 1.50. The molecular weight excluding hydrogens is 362 g/mol. The van der Waals surface area contributed by atoms with E-state index in [1.54, 1.807) is 14.2 Å². The Hall–Kier alpha value is -2.60. The van der Waals surface area contributed by atoms with Crippen LogP contribution in [-0.4, -0.2) is 43.1 Å². The molecule has 0 amide bonds. The molecule has 29 heavy (non-hydrogen) atoms. The van der Waals surface area contributed by atoms with E-state index in [-0.39, 0.29) is 0 Å². The van der Waals surface area contributed by atoms with E-state index in [4.69, 9.17) is 4.74 Å². The van der Waals surface area contributed by atoms with Gasteiger partial charge in [0.1, 0.15) is 5.75 Å². The lowest BCUT2D eigenvalue weighted by molar-refractivity contribution is 0.331. The number of likely N-dealkylation sites (tertiary alicyclic amines) is 1. The minimum Gasteiger partial charge on any atom is -0.496 e. The van der Waals surface area contributed by atoms with E-state index >= 15 is 0 Å². The summed E-state index contributed by atoms with van der Waals surface area (Å²) in [7, 11) is 3.48. The number of nitrogens with zero attached hydrogens (tertiary/aromatic N) is 3. The van der Waals surface area contributed by atoms with E-state index in [0.717, 1.165) is 41.6 Å². The lowest BCUT2D eigenvalue weighted by atomic mass is 10.1. The molecule has 2 N–H and O–H groups in total. The fraction of sp³-hybridized carbons (Fsp3) is 0.478. The van der Waals surface area contributed by atoms with E-state index in [1.165, 1.54) is 37.1 Å². The average Bonchev–Trinajstić information content (AvgIpc) is 3.24. The number of aliphatic imine (C=N–C) groups is 1. The molecule has 0 atom stereocenters. The van der Waals surface area contributed by atoms with Crippen LogP contribution in [0.15, 0.2) is 35.5 Å². The smallest absolute Gasteiger partial charge is 0.191 e. The molecule has 3 rings (SSSR count). The van der Waals surface area contributed by atoms with Crippen LogP contribution in [0.3, 0.4) is 0 Å². The van der Waals surface area contributed by atoms with Crippen molar-refractivity contribution in [1.29, 1.82) is 0 Å². The maximum Gasteiger partial charge on any atom is 0.191 e. The van der Waals surface area contributed by atoms with E-state index in [9.17, 15) is 0 Å². The van der Waals surface area contributed by atoms with Gasteiger partial charge in [-0.15, -0.1) is 0 Å². The van der Waals surface area contributed by atoms with Crippen LogP contribution in [0, 0.1) is 13.8 Å². The Morgan fingerprint density at radius 2 is 1.72 bits per heavy atom. The number of aryl methyl sites for hydroxylation is 1. The second-order valence-electron chi connectivity index (χ2n) is 7.63. The molecule has 0 unspecified atom stereocenters. The van der Waals surface area contributed by atoms with Crippen LogP contribution in [-0.2, 0) is 19.6 Å². The molecule has 6 heteroatoms. The summed E-state index contributed by atoms with van der Waals surface area (Å²) in [6.45, 7) is 8.88. The first-order chi connectivity index (χ1) is 14.1. The second kappa shape index (κ2) is 10.3. The lowest BCUT2D eigenvalue weighted by Crippen LogP contribution is -2.36. The predicted octanol–water partition coefficient (Wildman–Crippen LogP) is 3.17. The van der Waals surface area contributed by atoms with Gasteiger partial charge in [-0.25, -0.2) is 0 Å². The third kappa shape index (κ3) is 5.70. The summed E-state index contributed by atoms with van der Waals surface area (Å²) < 4.78 is 5.49. The Bertz CT molecular complexity index is 826. The summed E-state index contributed by atoms with van der Waals surface area (Å²) in [4.78, 5) is 11.4. The topological polar surface area (TPSA) is 61.8 Å². The highest BCUT2D eigenvalue weighted by atomic mass is 16.5. The van der Waals surface area contributed by atoms with Crippen LogP contribution in [0.5, 0.6) is 5.75 Å². The number of hydrogen-bond acceptors (Lipinski definition) is 4. The highest BCUT2D eigenvalue weighted by Gasteiger charge is 2.12. The first-order valence-corrected chi connectivity index (χ1v) is 10.3. The van der Waals surface area contributed by atoms with Crippen molar-refractivity contribution in [3.05, 3.63) is 58.4 Å². The maximum absolute atomic E-state index is 5.49. The normalized spacial score (nSPS) is 14.8. The van der Waals surface area contributed by atoms with Crippen molar-refractivity contribution in [3.8, 4) is 5.75 Å². The Kier molecular flexibility index (Phi) is 7.47. The molecule has 1 aromatic heterocycles. The van der Waals surface area contributed by atoms with E-state index in [2.05, 4.69) is 49.8 Å². The van der Waals surface area contributed by atoms with Gasteiger partial charge >= 0.3 is 0 Å². The van der Waals surface area contributed by atoms with Crippen molar-refractivity contribution in [2.24, 2.45) is 4.99 Å². The number of guanidine groups is 1. The fourth-order valence-corrected chi connectivity index (χ4v) is 3.78. The molecule has 1 saturated heterocycles. The number of nitrogens with one attached hydrogen (secondary N) is 2. The molecule has 0 aliphatic carbocycles. The van der Waals surface area contributed by atoms with Crippen molar-refractivity contribution in [2.75, 3.05) is 27.2 Å². The van der Waals surface area contributed by atoms with Crippen LogP contribution in [0.25, 0.3) is 0 Å². The maximum atomic E-state index is 5.49. The molecule has 2 aromatic rings. The van der Waals surface area contributed by atoms with E-state index in [0.29, 0.717) is 6.54 Å². The van der Waals surface area contributed by atoms with Crippen molar-refractivity contribution in [2.45, 2.75) is 46.3 Å². The van der Waals surface area contributed by atoms with Gasteiger partial charge < -0.3 is 15.4 Å². The second-order valence-corrected chi connectivity index (χ2v) is 7.63. The summed E-state index contributed by atoms with van der Waals surface area (Å²) in [5.41, 5.74) is 5.69. The molecule has 6 nitrogen and oxygen atoms in total. The van der Waals surface area contributed by atoms with Crippen molar-refractivity contribution < 1.29 is 4.74 Å². The molecule has 1 aliphatic rings. The standard InChI is InChI=1S/C23H33N5O/c1-17-13-25-21(18(2)22(17)29-4)15-27-23(24-3)26-14-19-7-9-20(10-8-19)16-28-11-5-6-12-28/h7-10,13H,5-6,11-12,14-16H2,1-4H3,(H2,24,26,27). The minimum atomic E-state index is 0.594. The molecule has 1 aromatic carbocycles. The van der Waals surface area contributed by atoms with Crippen molar-refractivity contribution in [3.63, 3.8) is 0 Å². The molecule has 0 spiro atoms. The molecule has 156 valence electrons. The predicted molar refractivity (Wildman–Crippen MR) is 118 cm³/mol. The zero-order chi connectivity index (χ0) is 20.6. The van der Waals surface area contributed by atoms with Gasteiger partial charge in [0.05, 0.1) is 19.3 Å². The SMILES string of the molecule is CN=C(NCc1ccc(CN2CCCC2)cc1)NCc1ncc(C)c(OC)c1C. The first kappa shape index (κ1) is 21.1. The van der Waals surface area contributed by atoms with Crippen LogP contribution >= 0.6 is 0 Å². The minimum absolute atomic E-state index is 0.594. The van der Waals surface area contributed by atoms with Gasteiger partial charge in [-0.05, 0) is 50.9 Å². The third-order valence-electron chi connectivity index (χ3n) is 5.48. The zero-order valence-corrected chi connectivity index (χ0v) is 18.1. The molecule has 0 bridgehead atoms. The van der Waals surface area contributed by atoms with Crippen LogP contribution in [0.4, 0.5) is 0 Å². The van der Waals surface area contributed by atoms with Gasteiger partial charge in [-0.3, -0.25) is 14.9 Å². The summed E-state index contributed by atoms with van der Waals surface area (Å²) >= 11 is 0. The summed E-state index contributed by atoms with van der Waals surface area (Å²) in [5.74, 6) is 1.65. The quantitative estimate of drug-likeness (QED) is 0.557. The zero-order valence-electron chi connectivity index (χ0n) is 18.1. The molecule has 1 aliphatic heterocycles. The van der Waals surface area contributed by atoms with Gasteiger partial charge in [0, 0.05) is 37.5 Å². The van der Waals surface area contributed by atoms with Crippen LogP contribution < -0.4 is 15.4 Å². The largest absolute Gasteiger partial charge is 0.496 e. The summed E-state index contributed by atoms with van der Waals surface area (Å²) in [6.07, 6.45) is 4.51. The van der Waals surface area contributed by atoms with Gasteiger partial charge in [-0.1, -0.05) is 24.3 Å². The molecular formula is C23H33N5O. The molecule has 1 fully saturated rings. The van der Waals surface area contributed by atoms with E-state index < -0.39 is 0 Å². The van der Waals surface area contributed by atoms with Crippen molar-refractivity contribution in [1.82, 2.24) is 20.5 Å². The number of methoxy groups -OCH3 is 1. The average molecular weight is 396 g/mol. The number of ether oxygens (including phenoxy) is 1. The Morgan fingerprint density at radius 3 is 2.38 bits per heavy atom. The monoisotopic (exact) mass is 395 g/mol. The van der Waals surface area contributed by atoms with Gasteiger partial charge in [0.2, 0.25) is 0 Å².